The number of aryl methyl sites for hydroxylation is 2. The molecule has 3 rings (SSSR count). The van der Waals surface area contributed by atoms with Crippen molar-refractivity contribution in [2.24, 2.45) is 0 Å². The molecule has 1 aliphatic heterocycles. The summed E-state index contributed by atoms with van der Waals surface area (Å²) in [6.07, 6.45) is 3.39. The lowest BCUT2D eigenvalue weighted by Gasteiger charge is -2.34. The van der Waals surface area contributed by atoms with Crippen molar-refractivity contribution < 1.29 is 8.42 Å². The lowest BCUT2D eigenvalue weighted by atomic mass is 10.2. The summed E-state index contributed by atoms with van der Waals surface area (Å²) in [6.45, 7) is 5.80. The number of anilines is 1. The molecule has 0 unspecified atom stereocenters. The highest BCUT2D eigenvalue weighted by molar-refractivity contribution is 7.89. The van der Waals surface area contributed by atoms with Gasteiger partial charge in [0.25, 0.3) is 0 Å². The zero-order valence-electron chi connectivity index (χ0n) is 13.3. The third-order valence-electron chi connectivity index (χ3n) is 4.04. The van der Waals surface area contributed by atoms with Crippen molar-refractivity contribution in [2.75, 3.05) is 31.1 Å². The molecule has 0 aliphatic carbocycles. The number of hydrogen-bond donors (Lipinski definition) is 0. The summed E-state index contributed by atoms with van der Waals surface area (Å²) in [5, 5.41) is 0. The first-order chi connectivity index (χ1) is 11.0. The second kappa shape index (κ2) is 6.25. The molecular weight excluding hydrogens is 312 g/mol. The van der Waals surface area contributed by atoms with Crippen LogP contribution < -0.4 is 4.90 Å². The molecule has 1 aliphatic rings. The molecule has 0 bridgehead atoms. The number of aromatic nitrogens is 2. The van der Waals surface area contributed by atoms with E-state index in [4.69, 9.17) is 0 Å². The van der Waals surface area contributed by atoms with Gasteiger partial charge in [-0.2, -0.15) is 4.31 Å². The lowest BCUT2D eigenvalue weighted by Crippen LogP contribution is -2.49. The molecule has 0 amide bonds. The molecule has 0 spiro atoms. The summed E-state index contributed by atoms with van der Waals surface area (Å²) in [4.78, 5) is 10.9. The van der Waals surface area contributed by atoms with Gasteiger partial charge in [0.1, 0.15) is 0 Å². The van der Waals surface area contributed by atoms with Crippen LogP contribution in [0.5, 0.6) is 0 Å². The van der Waals surface area contributed by atoms with E-state index in [9.17, 15) is 8.42 Å². The van der Waals surface area contributed by atoms with Crippen LogP contribution >= 0.6 is 0 Å². The van der Waals surface area contributed by atoms with Crippen LogP contribution in [0.1, 0.15) is 11.1 Å². The molecule has 2 heterocycles. The largest absolute Gasteiger partial charge is 0.338 e. The van der Waals surface area contributed by atoms with Gasteiger partial charge in [0.2, 0.25) is 16.0 Å². The topological polar surface area (TPSA) is 66.4 Å². The minimum Gasteiger partial charge on any atom is -0.338 e. The normalized spacial score (nSPS) is 16.5. The van der Waals surface area contributed by atoms with Gasteiger partial charge in [-0.3, -0.25) is 0 Å². The van der Waals surface area contributed by atoms with Crippen LogP contribution in [-0.4, -0.2) is 48.9 Å². The molecule has 2 aromatic rings. The summed E-state index contributed by atoms with van der Waals surface area (Å²) >= 11 is 0. The summed E-state index contributed by atoms with van der Waals surface area (Å²) in [5.41, 5.74) is 1.73. The average Bonchev–Trinajstić information content (AvgIpc) is 2.58. The highest BCUT2D eigenvalue weighted by Gasteiger charge is 2.30. The monoisotopic (exact) mass is 332 g/mol. The van der Waals surface area contributed by atoms with Crippen LogP contribution in [-0.2, 0) is 10.0 Å². The minimum absolute atomic E-state index is 0.405. The van der Waals surface area contributed by atoms with E-state index in [-0.39, 0.29) is 0 Å². The predicted molar refractivity (Wildman–Crippen MR) is 88.9 cm³/mol. The molecule has 0 atom stereocenters. The summed E-state index contributed by atoms with van der Waals surface area (Å²) in [6, 6.07) is 7.30. The molecule has 1 fully saturated rings. The Morgan fingerprint density at radius 1 is 1.00 bits per heavy atom. The Kier molecular flexibility index (Phi) is 4.32. The maximum absolute atomic E-state index is 12.9. The standard InChI is InChI=1S/C16H20N4O2S/c1-13-4-5-14(2)15(12-13)23(21,22)20-10-8-19(9-11-20)16-17-6-3-7-18-16/h3-7,12H,8-11H2,1-2H3. The van der Waals surface area contributed by atoms with Crippen molar-refractivity contribution in [3.05, 3.63) is 47.8 Å². The Bertz CT molecular complexity index is 785. The van der Waals surface area contributed by atoms with E-state index in [2.05, 4.69) is 9.97 Å². The summed E-state index contributed by atoms with van der Waals surface area (Å²) in [5.74, 6) is 0.649. The molecule has 122 valence electrons. The Morgan fingerprint density at radius 2 is 1.65 bits per heavy atom. The third kappa shape index (κ3) is 3.20. The van der Waals surface area contributed by atoms with E-state index in [1.807, 2.05) is 30.9 Å². The van der Waals surface area contributed by atoms with Gasteiger partial charge in [-0.1, -0.05) is 12.1 Å². The van der Waals surface area contributed by atoms with E-state index in [1.54, 1.807) is 28.8 Å². The third-order valence-corrected chi connectivity index (χ3v) is 6.08. The highest BCUT2D eigenvalue weighted by atomic mass is 32.2. The van der Waals surface area contributed by atoms with Gasteiger partial charge in [-0.15, -0.1) is 0 Å². The Morgan fingerprint density at radius 3 is 2.30 bits per heavy atom. The first kappa shape index (κ1) is 15.9. The number of rotatable bonds is 3. The van der Waals surface area contributed by atoms with Crippen LogP contribution in [0.2, 0.25) is 0 Å². The van der Waals surface area contributed by atoms with Crippen LogP contribution in [0, 0.1) is 13.8 Å². The van der Waals surface area contributed by atoms with Gasteiger partial charge in [-0.05, 0) is 37.1 Å². The van der Waals surface area contributed by atoms with Gasteiger partial charge >= 0.3 is 0 Å². The smallest absolute Gasteiger partial charge is 0.243 e. The fourth-order valence-corrected chi connectivity index (χ4v) is 4.44. The molecule has 1 aromatic heterocycles. The van der Waals surface area contributed by atoms with Gasteiger partial charge in [0.05, 0.1) is 4.90 Å². The number of sulfonamides is 1. The van der Waals surface area contributed by atoms with Gasteiger partial charge in [0.15, 0.2) is 0 Å². The van der Waals surface area contributed by atoms with E-state index in [0.717, 1.165) is 11.1 Å². The first-order valence-electron chi connectivity index (χ1n) is 7.58. The van der Waals surface area contributed by atoms with Crippen molar-refractivity contribution >= 4 is 16.0 Å². The van der Waals surface area contributed by atoms with Gasteiger partial charge < -0.3 is 4.90 Å². The average molecular weight is 332 g/mol. The van der Waals surface area contributed by atoms with Crippen LogP contribution in [0.4, 0.5) is 5.95 Å². The summed E-state index contributed by atoms with van der Waals surface area (Å²) in [7, 11) is -3.45. The molecular formula is C16H20N4O2S. The highest BCUT2D eigenvalue weighted by Crippen LogP contribution is 2.23. The van der Waals surface area contributed by atoms with Crippen molar-refractivity contribution in [3.8, 4) is 0 Å². The molecule has 23 heavy (non-hydrogen) atoms. The fraction of sp³-hybridized carbons (Fsp3) is 0.375. The fourth-order valence-electron chi connectivity index (χ4n) is 2.71. The van der Waals surface area contributed by atoms with E-state index >= 15 is 0 Å². The van der Waals surface area contributed by atoms with E-state index < -0.39 is 10.0 Å². The maximum Gasteiger partial charge on any atom is 0.243 e. The molecule has 6 nitrogen and oxygen atoms in total. The van der Waals surface area contributed by atoms with Gasteiger partial charge in [-0.25, -0.2) is 18.4 Å². The molecule has 1 saturated heterocycles. The van der Waals surface area contributed by atoms with Crippen LogP contribution in [0.15, 0.2) is 41.6 Å². The molecule has 0 saturated carbocycles. The summed E-state index contributed by atoms with van der Waals surface area (Å²) < 4.78 is 27.3. The van der Waals surface area contributed by atoms with Crippen molar-refractivity contribution in [1.82, 2.24) is 14.3 Å². The van der Waals surface area contributed by atoms with E-state index in [1.165, 1.54) is 0 Å². The second-order valence-corrected chi connectivity index (χ2v) is 7.62. The number of benzene rings is 1. The van der Waals surface area contributed by atoms with Crippen molar-refractivity contribution in [1.29, 1.82) is 0 Å². The number of piperazine rings is 1. The van der Waals surface area contributed by atoms with Crippen molar-refractivity contribution in [3.63, 3.8) is 0 Å². The zero-order chi connectivity index (χ0) is 16.4. The van der Waals surface area contributed by atoms with Gasteiger partial charge in [0, 0.05) is 38.6 Å². The van der Waals surface area contributed by atoms with Crippen LogP contribution in [0.3, 0.4) is 0 Å². The lowest BCUT2D eigenvalue weighted by molar-refractivity contribution is 0.382. The number of nitrogens with zero attached hydrogens (tertiary/aromatic N) is 4. The predicted octanol–water partition coefficient (Wildman–Crippen LogP) is 1.60. The Balaban J connectivity index is 1.78. The Hall–Kier alpha value is -1.99. The van der Waals surface area contributed by atoms with Crippen LogP contribution in [0.25, 0.3) is 0 Å². The second-order valence-electron chi connectivity index (χ2n) is 5.71. The van der Waals surface area contributed by atoms with Crippen molar-refractivity contribution in [2.45, 2.75) is 18.7 Å². The first-order valence-corrected chi connectivity index (χ1v) is 9.02. The quantitative estimate of drug-likeness (QED) is 0.854. The minimum atomic E-state index is -3.45. The molecule has 7 heteroatoms. The number of hydrogen-bond acceptors (Lipinski definition) is 5. The SMILES string of the molecule is Cc1ccc(C)c(S(=O)(=O)N2CCN(c3ncccn3)CC2)c1. The zero-order valence-corrected chi connectivity index (χ0v) is 14.1. The molecule has 0 N–H and O–H groups in total. The molecule has 1 aromatic carbocycles. The molecule has 0 radical (unpaired) electrons. The Labute approximate surface area is 136 Å². The van der Waals surface area contributed by atoms with E-state index in [0.29, 0.717) is 37.0 Å². The maximum atomic E-state index is 12.9.